The van der Waals surface area contributed by atoms with E-state index in [0.717, 1.165) is 29.7 Å². The van der Waals surface area contributed by atoms with Crippen molar-refractivity contribution < 1.29 is 4.79 Å². The molecule has 1 aliphatic carbocycles. The molecule has 1 aliphatic rings. The Balaban J connectivity index is 0.000000291. The Morgan fingerprint density at radius 1 is 1.00 bits per heavy atom. The minimum absolute atomic E-state index is 0.0295. The van der Waals surface area contributed by atoms with E-state index in [9.17, 15) is 4.79 Å². The molecule has 0 spiro atoms. The molecule has 1 fully saturated rings. The van der Waals surface area contributed by atoms with Crippen LogP contribution in [0.2, 0.25) is 0 Å². The number of aryl methyl sites for hydroxylation is 2. The zero-order valence-corrected chi connectivity index (χ0v) is 19.9. The number of carbonyl (C=O) groups is 1. The number of fused-ring (bicyclic) bond motifs is 2. The predicted octanol–water partition coefficient (Wildman–Crippen LogP) is 5.67. The molecular formula is C29H34N4O. The summed E-state index contributed by atoms with van der Waals surface area (Å²) >= 11 is 0. The Bertz CT molecular complexity index is 1280. The molecule has 1 saturated carbocycles. The molecule has 0 saturated heterocycles. The van der Waals surface area contributed by atoms with Crippen LogP contribution >= 0.6 is 0 Å². The molecule has 0 unspecified atom stereocenters. The summed E-state index contributed by atoms with van der Waals surface area (Å²) in [4.78, 5) is 11.5. The quantitative estimate of drug-likeness (QED) is 0.199. The number of carbonyl (C=O) groups excluding carboxylic acids is 1. The maximum Gasteiger partial charge on any atom is 0.166 e. The number of amidine groups is 1. The van der Waals surface area contributed by atoms with Crippen molar-refractivity contribution in [3.63, 3.8) is 0 Å². The van der Waals surface area contributed by atoms with Gasteiger partial charge in [-0.3, -0.25) is 10.2 Å². The summed E-state index contributed by atoms with van der Waals surface area (Å²) in [6, 6.07) is 23.1. The third-order valence-electron chi connectivity index (χ3n) is 6.82. The highest BCUT2D eigenvalue weighted by atomic mass is 16.1. The van der Waals surface area contributed by atoms with Gasteiger partial charge < -0.3 is 15.6 Å². The maximum atomic E-state index is 11.5. The Morgan fingerprint density at radius 2 is 1.74 bits per heavy atom. The predicted molar refractivity (Wildman–Crippen MR) is 142 cm³/mol. The molecule has 0 aliphatic heterocycles. The van der Waals surface area contributed by atoms with Crippen LogP contribution in [-0.2, 0) is 13.0 Å². The van der Waals surface area contributed by atoms with Crippen LogP contribution in [-0.4, -0.2) is 29.8 Å². The topological polar surface area (TPSA) is 83.9 Å². The summed E-state index contributed by atoms with van der Waals surface area (Å²) in [5.41, 5.74) is 9.08. The number of rotatable bonds is 6. The Kier molecular flexibility index (Phi) is 7.76. The van der Waals surface area contributed by atoms with Crippen molar-refractivity contribution >= 4 is 33.8 Å². The van der Waals surface area contributed by atoms with E-state index in [1.54, 1.807) is 0 Å². The lowest BCUT2D eigenvalue weighted by Gasteiger charge is -2.20. The number of nitrogen functional groups attached to an aromatic ring is 1. The third-order valence-corrected chi connectivity index (χ3v) is 6.82. The number of aromatic nitrogens is 1. The van der Waals surface area contributed by atoms with Gasteiger partial charge in [-0.2, -0.15) is 0 Å². The number of hydrogen-bond donors (Lipinski definition) is 3. The van der Waals surface area contributed by atoms with E-state index in [1.807, 2.05) is 41.0 Å². The van der Waals surface area contributed by atoms with E-state index >= 15 is 0 Å². The molecule has 3 aromatic carbocycles. The van der Waals surface area contributed by atoms with Crippen molar-refractivity contribution in [2.75, 3.05) is 7.05 Å². The molecule has 1 aromatic heterocycles. The SMILES string of the molecule is CNC1CCCCC1.N=C(N)c1ccc2cc(C=O)n(CCc3ccc4ccccc4c3)c2c1. The fraction of sp³-hybridized carbons (Fsp3) is 0.310. The lowest BCUT2D eigenvalue weighted by atomic mass is 9.96. The normalized spacial score (nSPS) is 14.0. The van der Waals surface area contributed by atoms with Crippen molar-refractivity contribution in [3.05, 3.63) is 83.6 Å². The van der Waals surface area contributed by atoms with Crippen LogP contribution in [0.1, 0.15) is 53.7 Å². The number of hydrogen-bond acceptors (Lipinski definition) is 3. The van der Waals surface area contributed by atoms with Crippen molar-refractivity contribution in [2.45, 2.75) is 51.1 Å². The Labute approximate surface area is 201 Å². The molecule has 0 atom stereocenters. The Morgan fingerprint density at radius 3 is 2.41 bits per heavy atom. The van der Waals surface area contributed by atoms with Crippen molar-refractivity contribution in [1.82, 2.24) is 9.88 Å². The first-order chi connectivity index (χ1) is 16.6. The second-order valence-electron chi connectivity index (χ2n) is 9.08. The number of benzene rings is 3. The molecule has 0 bridgehead atoms. The van der Waals surface area contributed by atoms with Crippen LogP contribution in [0, 0.1) is 5.41 Å². The molecule has 34 heavy (non-hydrogen) atoms. The molecule has 5 heteroatoms. The summed E-state index contributed by atoms with van der Waals surface area (Å²) in [6.45, 7) is 0.692. The van der Waals surface area contributed by atoms with Gasteiger partial charge in [-0.15, -0.1) is 0 Å². The smallest absolute Gasteiger partial charge is 0.166 e. The molecule has 4 N–H and O–H groups in total. The molecule has 4 aromatic rings. The highest BCUT2D eigenvalue weighted by Crippen LogP contribution is 2.22. The van der Waals surface area contributed by atoms with Gasteiger partial charge in [-0.05, 0) is 54.8 Å². The van der Waals surface area contributed by atoms with Crippen LogP contribution in [0.3, 0.4) is 0 Å². The van der Waals surface area contributed by atoms with E-state index in [0.29, 0.717) is 17.8 Å². The molecule has 176 valence electrons. The van der Waals surface area contributed by atoms with Gasteiger partial charge in [0.15, 0.2) is 6.29 Å². The van der Waals surface area contributed by atoms with Gasteiger partial charge >= 0.3 is 0 Å². The first kappa shape index (κ1) is 23.7. The Hall–Kier alpha value is -3.44. The van der Waals surface area contributed by atoms with E-state index in [-0.39, 0.29) is 5.84 Å². The zero-order chi connectivity index (χ0) is 23.9. The second-order valence-corrected chi connectivity index (χ2v) is 9.08. The van der Waals surface area contributed by atoms with Crippen molar-refractivity contribution in [2.24, 2.45) is 5.73 Å². The van der Waals surface area contributed by atoms with Gasteiger partial charge in [0.2, 0.25) is 0 Å². The monoisotopic (exact) mass is 454 g/mol. The summed E-state index contributed by atoms with van der Waals surface area (Å²) < 4.78 is 2.00. The average Bonchev–Trinajstić information content (AvgIpc) is 3.25. The van der Waals surface area contributed by atoms with E-state index in [2.05, 4.69) is 42.7 Å². The van der Waals surface area contributed by atoms with E-state index in [1.165, 1.54) is 48.4 Å². The standard InChI is InChI=1S/C22H19N3O.C7H15N/c23-22(24)19-8-7-18-12-20(14-26)25(21(18)13-19)10-9-15-5-6-16-3-1-2-4-17(16)11-15;1-8-7-5-3-2-4-6-7/h1-8,11-14H,9-10H2,(H3,23,24);7-8H,2-6H2,1H3. The van der Waals surface area contributed by atoms with Crippen LogP contribution in [0.15, 0.2) is 66.7 Å². The summed E-state index contributed by atoms with van der Waals surface area (Å²) in [7, 11) is 2.07. The fourth-order valence-corrected chi connectivity index (χ4v) is 4.82. The van der Waals surface area contributed by atoms with Crippen LogP contribution in [0.4, 0.5) is 0 Å². The van der Waals surface area contributed by atoms with Crippen LogP contribution in [0.5, 0.6) is 0 Å². The minimum atomic E-state index is 0.0295. The highest BCUT2D eigenvalue weighted by molar-refractivity contribution is 5.99. The molecule has 0 amide bonds. The zero-order valence-electron chi connectivity index (χ0n) is 19.9. The maximum absolute atomic E-state index is 11.5. The van der Waals surface area contributed by atoms with Gasteiger partial charge in [0.1, 0.15) is 5.84 Å². The number of nitrogens with zero attached hydrogens (tertiary/aromatic N) is 1. The van der Waals surface area contributed by atoms with Gasteiger partial charge in [0.25, 0.3) is 0 Å². The first-order valence-corrected chi connectivity index (χ1v) is 12.2. The summed E-state index contributed by atoms with van der Waals surface area (Å²) in [5, 5.41) is 14.4. The molecular weight excluding hydrogens is 420 g/mol. The number of aldehydes is 1. The van der Waals surface area contributed by atoms with Crippen LogP contribution in [0.25, 0.3) is 21.7 Å². The van der Waals surface area contributed by atoms with Gasteiger partial charge in [0.05, 0.1) is 5.69 Å². The van der Waals surface area contributed by atoms with Gasteiger partial charge in [-0.1, -0.05) is 73.9 Å². The minimum Gasteiger partial charge on any atom is -0.384 e. The van der Waals surface area contributed by atoms with Crippen molar-refractivity contribution in [3.8, 4) is 0 Å². The average molecular weight is 455 g/mol. The lowest BCUT2D eigenvalue weighted by molar-refractivity contribution is 0.111. The fourth-order valence-electron chi connectivity index (χ4n) is 4.82. The van der Waals surface area contributed by atoms with Crippen molar-refractivity contribution in [1.29, 1.82) is 5.41 Å². The van der Waals surface area contributed by atoms with Gasteiger partial charge in [-0.25, -0.2) is 0 Å². The molecule has 1 heterocycles. The largest absolute Gasteiger partial charge is 0.384 e. The van der Waals surface area contributed by atoms with E-state index < -0.39 is 0 Å². The molecule has 5 rings (SSSR count). The van der Waals surface area contributed by atoms with E-state index in [4.69, 9.17) is 11.1 Å². The first-order valence-electron chi connectivity index (χ1n) is 12.2. The third kappa shape index (κ3) is 5.54. The molecule has 5 nitrogen and oxygen atoms in total. The summed E-state index contributed by atoms with van der Waals surface area (Å²) in [5.74, 6) is 0.0295. The number of nitrogens with two attached hydrogens (primary N) is 1. The second kappa shape index (κ2) is 11.1. The molecule has 0 radical (unpaired) electrons. The number of nitrogens with one attached hydrogen (secondary N) is 2. The lowest BCUT2D eigenvalue weighted by Crippen LogP contribution is -2.26. The highest BCUT2D eigenvalue weighted by Gasteiger charge is 2.11. The summed E-state index contributed by atoms with van der Waals surface area (Å²) in [6.07, 6.45) is 8.83. The van der Waals surface area contributed by atoms with Crippen LogP contribution < -0.4 is 11.1 Å². The van der Waals surface area contributed by atoms with Gasteiger partial charge in [0, 0.05) is 29.1 Å².